The third kappa shape index (κ3) is 3.47. The lowest BCUT2D eigenvalue weighted by molar-refractivity contribution is 1.17. The molecule has 0 amide bonds. The van der Waals surface area contributed by atoms with Gasteiger partial charge in [-0.1, -0.05) is 47.5 Å². The summed E-state index contributed by atoms with van der Waals surface area (Å²) >= 11 is 12.3. The van der Waals surface area contributed by atoms with Crippen molar-refractivity contribution in [2.24, 2.45) is 0 Å². The number of nitrogens with two attached hydrogens (primary N) is 1. The van der Waals surface area contributed by atoms with E-state index < -0.39 is 0 Å². The number of nitrogens with one attached hydrogen (secondary N) is 2. The summed E-state index contributed by atoms with van der Waals surface area (Å²) in [5.74, 6) is 0.922. The topological polar surface area (TPSA) is 75.9 Å². The average molecular weight is 346 g/mol. The van der Waals surface area contributed by atoms with Gasteiger partial charge in [-0.25, -0.2) is 9.97 Å². The number of nitrogens with zero attached hydrogens (tertiary/aromatic N) is 2. The Morgan fingerprint density at radius 1 is 0.739 bits per heavy atom. The highest BCUT2D eigenvalue weighted by atomic mass is 35.5. The van der Waals surface area contributed by atoms with Crippen molar-refractivity contribution in [1.82, 2.24) is 9.97 Å². The molecule has 0 aliphatic heterocycles. The zero-order valence-corrected chi connectivity index (χ0v) is 13.4. The number of para-hydroxylation sites is 2. The molecule has 0 aliphatic rings. The SMILES string of the molecule is Nc1c(Nc2ccccc2Cl)ncnc1Nc1ccccc1Cl. The minimum Gasteiger partial charge on any atom is -0.393 e. The van der Waals surface area contributed by atoms with Crippen LogP contribution in [0.2, 0.25) is 10.0 Å². The van der Waals surface area contributed by atoms with Crippen LogP contribution in [0.15, 0.2) is 54.9 Å². The van der Waals surface area contributed by atoms with Crippen LogP contribution in [0.25, 0.3) is 0 Å². The van der Waals surface area contributed by atoms with Crippen molar-refractivity contribution in [2.45, 2.75) is 0 Å². The van der Waals surface area contributed by atoms with Gasteiger partial charge in [-0.2, -0.15) is 0 Å². The summed E-state index contributed by atoms with van der Waals surface area (Å²) in [6, 6.07) is 14.7. The summed E-state index contributed by atoms with van der Waals surface area (Å²) in [6.07, 6.45) is 1.41. The third-order valence-corrected chi connectivity index (χ3v) is 3.80. The first kappa shape index (κ1) is 15.4. The van der Waals surface area contributed by atoms with E-state index in [2.05, 4.69) is 20.6 Å². The Bertz CT molecular complexity index is 772. The molecule has 3 aromatic rings. The van der Waals surface area contributed by atoms with E-state index in [0.717, 1.165) is 0 Å². The molecule has 116 valence electrons. The number of hydrogen-bond acceptors (Lipinski definition) is 5. The Morgan fingerprint density at radius 3 is 1.61 bits per heavy atom. The predicted octanol–water partition coefficient (Wildman–Crippen LogP) is 4.85. The van der Waals surface area contributed by atoms with Gasteiger partial charge in [0.1, 0.15) is 12.0 Å². The van der Waals surface area contributed by atoms with E-state index in [1.807, 2.05) is 36.4 Å². The van der Waals surface area contributed by atoms with Crippen molar-refractivity contribution in [3.63, 3.8) is 0 Å². The lowest BCUT2D eigenvalue weighted by Crippen LogP contribution is -2.05. The average Bonchev–Trinajstić information content (AvgIpc) is 2.55. The van der Waals surface area contributed by atoms with Crippen LogP contribution < -0.4 is 16.4 Å². The maximum atomic E-state index is 6.14. The first-order valence-electron chi connectivity index (χ1n) is 6.78. The normalized spacial score (nSPS) is 10.3. The van der Waals surface area contributed by atoms with Crippen LogP contribution in [0.4, 0.5) is 28.7 Å². The van der Waals surface area contributed by atoms with E-state index in [0.29, 0.717) is 38.7 Å². The summed E-state index contributed by atoms with van der Waals surface area (Å²) in [5.41, 5.74) is 7.93. The summed E-state index contributed by atoms with van der Waals surface area (Å²) in [6.45, 7) is 0. The third-order valence-electron chi connectivity index (χ3n) is 3.14. The second-order valence-electron chi connectivity index (χ2n) is 4.69. The largest absolute Gasteiger partial charge is 0.393 e. The molecule has 5 nitrogen and oxygen atoms in total. The van der Waals surface area contributed by atoms with Crippen molar-refractivity contribution in [3.8, 4) is 0 Å². The summed E-state index contributed by atoms with van der Waals surface area (Å²) in [4.78, 5) is 8.32. The van der Waals surface area contributed by atoms with Crippen LogP contribution in [0.1, 0.15) is 0 Å². The molecule has 0 bridgehead atoms. The van der Waals surface area contributed by atoms with Crippen LogP contribution in [0, 0.1) is 0 Å². The Kier molecular flexibility index (Phi) is 4.50. The van der Waals surface area contributed by atoms with E-state index in [1.54, 1.807) is 12.1 Å². The molecule has 0 aliphatic carbocycles. The summed E-state index contributed by atoms with van der Waals surface area (Å²) in [7, 11) is 0. The van der Waals surface area contributed by atoms with E-state index in [9.17, 15) is 0 Å². The fourth-order valence-electron chi connectivity index (χ4n) is 1.98. The van der Waals surface area contributed by atoms with E-state index in [1.165, 1.54) is 6.33 Å². The van der Waals surface area contributed by atoms with Crippen LogP contribution in [0.5, 0.6) is 0 Å². The molecule has 0 atom stereocenters. The van der Waals surface area contributed by atoms with Crippen molar-refractivity contribution in [2.75, 3.05) is 16.4 Å². The zero-order valence-electron chi connectivity index (χ0n) is 11.9. The molecule has 1 heterocycles. The lowest BCUT2D eigenvalue weighted by atomic mass is 10.3. The Morgan fingerprint density at radius 2 is 1.17 bits per heavy atom. The molecule has 0 saturated heterocycles. The summed E-state index contributed by atoms with van der Waals surface area (Å²) < 4.78 is 0. The Balaban J connectivity index is 1.90. The van der Waals surface area contributed by atoms with Crippen molar-refractivity contribution in [3.05, 3.63) is 64.9 Å². The van der Waals surface area contributed by atoms with Crippen LogP contribution in [-0.4, -0.2) is 9.97 Å². The molecule has 1 aromatic heterocycles. The van der Waals surface area contributed by atoms with Gasteiger partial charge in [0.05, 0.1) is 21.4 Å². The number of nitrogen functional groups attached to an aromatic ring is 1. The molecule has 2 aromatic carbocycles. The van der Waals surface area contributed by atoms with Gasteiger partial charge in [0.2, 0.25) is 0 Å². The quantitative estimate of drug-likeness (QED) is 0.629. The molecule has 0 unspecified atom stereocenters. The predicted molar refractivity (Wildman–Crippen MR) is 95.9 cm³/mol. The van der Waals surface area contributed by atoms with Crippen molar-refractivity contribution in [1.29, 1.82) is 0 Å². The van der Waals surface area contributed by atoms with Gasteiger partial charge in [-0.3, -0.25) is 0 Å². The lowest BCUT2D eigenvalue weighted by Gasteiger charge is -2.13. The van der Waals surface area contributed by atoms with E-state index in [4.69, 9.17) is 28.9 Å². The van der Waals surface area contributed by atoms with E-state index in [-0.39, 0.29) is 0 Å². The highest BCUT2D eigenvalue weighted by Crippen LogP contribution is 2.32. The molecular weight excluding hydrogens is 333 g/mol. The molecule has 3 rings (SSSR count). The van der Waals surface area contributed by atoms with Crippen molar-refractivity contribution < 1.29 is 0 Å². The van der Waals surface area contributed by atoms with Crippen LogP contribution in [0.3, 0.4) is 0 Å². The molecule has 0 fully saturated rings. The first-order chi connectivity index (χ1) is 11.1. The molecule has 0 spiro atoms. The number of aromatic nitrogens is 2. The number of benzene rings is 2. The Labute approximate surface area is 143 Å². The standard InChI is InChI=1S/C16H13Cl2N5/c17-10-5-1-3-7-12(10)22-15-14(19)16(21-9-20-15)23-13-8-4-2-6-11(13)18/h1-9H,19H2,(H2,20,21,22,23). The highest BCUT2D eigenvalue weighted by molar-refractivity contribution is 6.33. The fraction of sp³-hybridized carbons (Fsp3) is 0. The second kappa shape index (κ2) is 6.73. The molecule has 4 N–H and O–H groups in total. The fourth-order valence-corrected chi connectivity index (χ4v) is 2.34. The van der Waals surface area contributed by atoms with Crippen LogP contribution in [-0.2, 0) is 0 Å². The maximum Gasteiger partial charge on any atom is 0.159 e. The van der Waals surface area contributed by atoms with Gasteiger partial charge in [-0.15, -0.1) is 0 Å². The maximum absolute atomic E-state index is 6.14. The minimum atomic E-state index is 0.368. The van der Waals surface area contributed by atoms with Gasteiger partial charge >= 0.3 is 0 Å². The van der Waals surface area contributed by atoms with Gasteiger partial charge in [0.15, 0.2) is 11.6 Å². The number of hydrogen-bond donors (Lipinski definition) is 3. The van der Waals surface area contributed by atoms with Gasteiger partial charge in [0.25, 0.3) is 0 Å². The zero-order chi connectivity index (χ0) is 16.2. The number of anilines is 5. The summed E-state index contributed by atoms with van der Waals surface area (Å²) in [5, 5.41) is 7.35. The smallest absolute Gasteiger partial charge is 0.159 e. The first-order valence-corrected chi connectivity index (χ1v) is 7.54. The van der Waals surface area contributed by atoms with E-state index >= 15 is 0 Å². The molecule has 0 radical (unpaired) electrons. The van der Waals surface area contributed by atoms with Crippen molar-refractivity contribution >= 4 is 51.9 Å². The molecule has 23 heavy (non-hydrogen) atoms. The molecular formula is C16H13Cl2N5. The van der Waals surface area contributed by atoms with Gasteiger partial charge in [-0.05, 0) is 24.3 Å². The molecule has 0 saturated carbocycles. The molecule has 7 heteroatoms. The monoisotopic (exact) mass is 345 g/mol. The minimum absolute atomic E-state index is 0.368. The number of halogens is 2. The Hall–Kier alpha value is -2.50. The van der Waals surface area contributed by atoms with Gasteiger partial charge in [0, 0.05) is 0 Å². The highest BCUT2D eigenvalue weighted by Gasteiger charge is 2.11. The van der Waals surface area contributed by atoms with Gasteiger partial charge < -0.3 is 16.4 Å². The number of rotatable bonds is 4. The van der Waals surface area contributed by atoms with Crippen LogP contribution >= 0.6 is 23.2 Å². The second-order valence-corrected chi connectivity index (χ2v) is 5.51.